The van der Waals surface area contributed by atoms with Crippen LogP contribution in [0.25, 0.3) is 5.69 Å². The fourth-order valence-corrected chi connectivity index (χ4v) is 3.14. The molecular formula is C21H28FN3O2. The Kier molecular flexibility index (Phi) is 6.21. The summed E-state index contributed by atoms with van der Waals surface area (Å²) in [7, 11) is 1.73. The normalized spacial score (nSPS) is 11.7. The Morgan fingerprint density at radius 1 is 1.15 bits per heavy atom. The van der Waals surface area contributed by atoms with E-state index < -0.39 is 0 Å². The second-order valence-electron chi connectivity index (χ2n) is 7.97. The monoisotopic (exact) mass is 373 g/mol. The molecule has 0 saturated heterocycles. The minimum absolute atomic E-state index is 0.100. The molecule has 1 aromatic carbocycles. The number of likely N-dealkylation sites (N-methyl/N-ethyl adjacent to an activating group) is 1. The number of para-hydroxylation sites is 1. The summed E-state index contributed by atoms with van der Waals surface area (Å²) < 4.78 is 15.9. The van der Waals surface area contributed by atoms with Gasteiger partial charge in [-0.05, 0) is 59.9 Å². The fourth-order valence-electron chi connectivity index (χ4n) is 3.14. The van der Waals surface area contributed by atoms with Crippen LogP contribution in [0.15, 0.2) is 30.3 Å². The van der Waals surface area contributed by atoms with Gasteiger partial charge in [0.1, 0.15) is 5.82 Å². The van der Waals surface area contributed by atoms with Crippen LogP contribution in [0.4, 0.5) is 4.39 Å². The van der Waals surface area contributed by atoms with Crippen molar-refractivity contribution in [2.24, 2.45) is 0 Å². The molecule has 0 aliphatic heterocycles. The topological polar surface area (TPSA) is 54.3 Å². The number of benzene rings is 1. The Hall–Kier alpha value is -2.47. The number of rotatable bonds is 6. The molecule has 146 valence electrons. The smallest absolute Gasteiger partial charge is 0.234 e. The van der Waals surface area contributed by atoms with Crippen molar-refractivity contribution in [3.8, 4) is 5.69 Å². The summed E-state index contributed by atoms with van der Waals surface area (Å²) >= 11 is 0. The lowest BCUT2D eigenvalue weighted by Gasteiger charge is -2.23. The Morgan fingerprint density at radius 3 is 2.37 bits per heavy atom. The second-order valence-corrected chi connectivity index (χ2v) is 7.97. The van der Waals surface area contributed by atoms with Crippen molar-refractivity contribution >= 4 is 11.7 Å². The third-order valence-corrected chi connectivity index (χ3v) is 4.17. The van der Waals surface area contributed by atoms with Crippen molar-refractivity contribution in [2.45, 2.75) is 40.2 Å². The van der Waals surface area contributed by atoms with Gasteiger partial charge in [-0.3, -0.25) is 14.5 Å². The highest BCUT2D eigenvalue weighted by Crippen LogP contribution is 2.23. The molecule has 0 aliphatic rings. The molecule has 1 N–H and O–H groups in total. The molecular weight excluding hydrogens is 345 g/mol. The molecule has 0 spiro atoms. The van der Waals surface area contributed by atoms with Crippen LogP contribution in [0.5, 0.6) is 0 Å². The first kappa shape index (κ1) is 20.8. The van der Waals surface area contributed by atoms with Crippen LogP contribution in [0.1, 0.15) is 42.5 Å². The van der Waals surface area contributed by atoms with Gasteiger partial charge in [-0.2, -0.15) is 0 Å². The van der Waals surface area contributed by atoms with Gasteiger partial charge in [0, 0.05) is 22.5 Å². The number of ketones is 1. The number of hydrogen-bond donors (Lipinski definition) is 1. The zero-order valence-corrected chi connectivity index (χ0v) is 16.9. The molecule has 1 heterocycles. The highest BCUT2D eigenvalue weighted by Gasteiger charge is 2.21. The molecule has 2 rings (SSSR count). The van der Waals surface area contributed by atoms with Crippen molar-refractivity contribution in [3.05, 3.63) is 53.1 Å². The van der Waals surface area contributed by atoms with E-state index in [4.69, 9.17) is 0 Å². The van der Waals surface area contributed by atoms with E-state index in [1.54, 1.807) is 47.7 Å². The number of halogens is 1. The number of nitrogens with zero attached hydrogens (tertiary/aromatic N) is 2. The van der Waals surface area contributed by atoms with E-state index in [2.05, 4.69) is 5.32 Å². The van der Waals surface area contributed by atoms with E-state index in [0.717, 1.165) is 5.69 Å². The van der Waals surface area contributed by atoms with Gasteiger partial charge in [-0.15, -0.1) is 0 Å². The number of aromatic nitrogens is 1. The maximum atomic E-state index is 14.2. The first-order chi connectivity index (χ1) is 12.5. The fraction of sp³-hybridized carbons (Fsp3) is 0.429. The number of carbonyl (C=O) groups excluding carboxylic acids is 2. The van der Waals surface area contributed by atoms with Gasteiger partial charge in [0.25, 0.3) is 0 Å². The molecule has 2 aromatic rings. The average molecular weight is 373 g/mol. The predicted octanol–water partition coefficient (Wildman–Crippen LogP) is 3.26. The molecule has 0 aliphatic carbocycles. The summed E-state index contributed by atoms with van der Waals surface area (Å²) in [6.07, 6.45) is 0. The molecule has 6 heteroatoms. The first-order valence-corrected chi connectivity index (χ1v) is 8.96. The van der Waals surface area contributed by atoms with Crippen LogP contribution < -0.4 is 5.32 Å². The van der Waals surface area contributed by atoms with Crippen LogP contribution in [0.2, 0.25) is 0 Å². The molecule has 0 saturated carbocycles. The molecule has 5 nitrogen and oxygen atoms in total. The number of amides is 1. The van der Waals surface area contributed by atoms with E-state index in [9.17, 15) is 14.0 Å². The summed E-state index contributed by atoms with van der Waals surface area (Å²) in [6, 6.07) is 8.26. The summed E-state index contributed by atoms with van der Waals surface area (Å²) in [4.78, 5) is 26.4. The van der Waals surface area contributed by atoms with Crippen LogP contribution >= 0.6 is 0 Å². The van der Waals surface area contributed by atoms with Gasteiger partial charge in [0.15, 0.2) is 5.78 Å². The van der Waals surface area contributed by atoms with Gasteiger partial charge in [0.2, 0.25) is 5.91 Å². The number of Topliss-reactive ketones (excluding diaryl/α,β-unsaturated/α-hetero) is 1. The van der Waals surface area contributed by atoms with Gasteiger partial charge in [-0.1, -0.05) is 12.1 Å². The lowest BCUT2D eigenvalue weighted by atomic mass is 10.1. The van der Waals surface area contributed by atoms with E-state index in [1.807, 2.05) is 27.7 Å². The minimum atomic E-state index is -0.339. The van der Waals surface area contributed by atoms with Crippen molar-refractivity contribution in [1.29, 1.82) is 0 Å². The Balaban J connectivity index is 2.15. The van der Waals surface area contributed by atoms with Crippen molar-refractivity contribution < 1.29 is 14.0 Å². The minimum Gasteiger partial charge on any atom is -0.350 e. The van der Waals surface area contributed by atoms with Crippen LogP contribution in [-0.2, 0) is 4.79 Å². The highest BCUT2D eigenvalue weighted by molar-refractivity contribution is 5.99. The number of carbonyl (C=O) groups is 2. The van der Waals surface area contributed by atoms with Gasteiger partial charge in [-0.25, -0.2) is 4.39 Å². The van der Waals surface area contributed by atoms with Crippen molar-refractivity contribution in [3.63, 3.8) is 0 Å². The van der Waals surface area contributed by atoms with Crippen molar-refractivity contribution in [1.82, 2.24) is 14.8 Å². The third kappa shape index (κ3) is 5.26. The van der Waals surface area contributed by atoms with E-state index >= 15 is 0 Å². The molecule has 0 radical (unpaired) electrons. The van der Waals surface area contributed by atoms with E-state index in [0.29, 0.717) is 16.9 Å². The largest absolute Gasteiger partial charge is 0.350 e. The Bertz CT molecular complexity index is 850. The van der Waals surface area contributed by atoms with Crippen LogP contribution in [0, 0.1) is 19.7 Å². The summed E-state index contributed by atoms with van der Waals surface area (Å²) in [5.74, 6) is -0.569. The molecule has 27 heavy (non-hydrogen) atoms. The van der Waals surface area contributed by atoms with Crippen LogP contribution in [0.3, 0.4) is 0 Å². The number of hydrogen-bond acceptors (Lipinski definition) is 3. The third-order valence-electron chi connectivity index (χ3n) is 4.17. The van der Waals surface area contributed by atoms with Gasteiger partial charge >= 0.3 is 0 Å². The summed E-state index contributed by atoms with van der Waals surface area (Å²) in [6.45, 7) is 9.62. The zero-order chi connectivity index (χ0) is 20.4. The number of nitrogens with one attached hydrogen (secondary N) is 1. The first-order valence-electron chi connectivity index (χ1n) is 8.96. The average Bonchev–Trinajstić information content (AvgIpc) is 2.81. The molecule has 0 fully saturated rings. The quantitative estimate of drug-likeness (QED) is 0.791. The SMILES string of the molecule is Cc1cc(C(=O)CN(C)CC(=O)NC(C)(C)C)c(C)n1-c1ccccc1F. The molecule has 0 unspecified atom stereocenters. The molecule has 1 aromatic heterocycles. The summed E-state index contributed by atoms with van der Waals surface area (Å²) in [5, 5.41) is 2.88. The molecule has 1 amide bonds. The van der Waals surface area contributed by atoms with E-state index in [-0.39, 0.29) is 36.1 Å². The van der Waals surface area contributed by atoms with Gasteiger partial charge < -0.3 is 9.88 Å². The molecule has 0 bridgehead atoms. The lowest BCUT2D eigenvalue weighted by Crippen LogP contribution is -2.45. The summed E-state index contributed by atoms with van der Waals surface area (Å²) in [5.41, 5.74) is 2.12. The second kappa shape index (κ2) is 8.05. The predicted molar refractivity (Wildman–Crippen MR) is 105 cm³/mol. The Morgan fingerprint density at radius 2 is 1.78 bits per heavy atom. The highest BCUT2D eigenvalue weighted by atomic mass is 19.1. The maximum Gasteiger partial charge on any atom is 0.234 e. The lowest BCUT2D eigenvalue weighted by molar-refractivity contribution is -0.123. The number of aryl methyl sites for hydroxylation is 1. The van der Waals surface area contributed by atoms with E-state index in [1.165, 1.54) is 6.07 Å². The standard InChI is InChI=1S/C21H28FN3O2/c1-14-11-16(15(2)25(14)18-10-8-7-9-17(18)22)19(26)12-24(6)13-20(27)23-21(3,4)5/h7-11H,12-13H2,1-6H3,(H,23,27). The zero-order valence-electron chi connectivity index (χ0n) is 16.9. The Labute approximate surface area is 160 Å². The molecule has 0 atom stereocenters. The van der Waals surface area contributed by atoms with Gasteiger partial charge in [0.05, 0.1) is 18.8 Å². The maximum absolute atomic E-state index is 14.2. The van der Waals surface area contributed by atoms with Crippen LogP contribution in [-0.4, -0.2) is 46.8 Å². The van der Waals surface area contributed by atoms with Crippen molar-refractivity contribution in [2.75, 3.05) is 20.1 Å².